The largest absolute Gasteiger partial charge is 0.382 e. The number of carbonyl (C=O) groups is 1. The van der Waals surface area contributed by atoms with Crippen molar-refractivity contribution in [1.29, 1.82) is 0 Å². The fourth-order valence-electron chi connectivity index (χ4n) is 2.14. The summed E-state index contributed by atoms with van der Waals surface area (Å²) in [6.45, 7) is 7.82. The van der Waals surface area contributed by atoms with E-state index >= 15 is 0 Å². The van der Waals surface area contributed by atoms with Crippen molar-refractivity contribution in [3.8, 4) is 0 Å². The minimum absolute atomic E-state index is 0.0876. The number of nitrogens with zero attached hydrogens (tertiary/aromatic N) is 2. The number of pyridine rings is 1. The van der Waals surface area contributed by atoms with E-state index in [4.69, 9.17) is 4.74 Å². The molecule has 2 aromatic heterocycles. The van der Waals surface area contributed by atoms with Crippen molar-refractivity contribution in [3.63, 3.8) is 0 Å². The zero-order valence-electron chi connectivity index (χ0n) is 12.3. The van der Waals surface area contributed by atoms with Crippen molar-refractivity contribution >= 4 is 11.6 Å². The van der Waals surface area contributed by atoms with Crippen molar-refractivity contribution in [1.82, 2.24) is 14.7 Å². The van der Waals surface area contributed by atoms with E-state index in [1.165, 1.54) is 0 Å². The lowest BCUT2D eigenvalue weighted by Crippen LogP contribution is -2.27. The number of aryl methyl sites for hydroxylation is 2. The van der Waals surface area contributed by atoms with E-state index in [2.05, 4.69) is 10.3 Å². The number of hydrogen-bond donors (Lipinski definition) is 1. The minimum atomic E-state index is -0.0876. The maximum Gasteiger partial charge on any atom is 0.270 e. The first-order valence-corrected chi connectivity index (χ1v) is 6.94. The first-order valence-electron chi connectivity index (χ1n) is 6.94. The van der Waals surface area contributed by atoms with Crippen molar-refractivity contribution in [2.24, 2.45) is 0 Å². The Labute approximate surface area is 119 Å². The number of nitrogens with one attached hydrogen (secondary N) is 1. The zero-order valence-corrected chi connectivity index (χ0v) is 12.3. The third-order valence-electron chi connectivity index (χ3n) is 3.13. The lowest BCUT2D eigenvalue weighted by Gasteiger charge is -2.06. The molecule has 0 saturated carbocycles. The van der Waals surface area contributed by atoms with Gasteiger partial charge >= 0.3 is 0 Å². The molecule has 5 heteroatoms. The molecule has 1 amide bonds. The number of fused-ring (bicyclic) bond motifs is 1. The molecule has 0 aliphatic carbocycles. The van der Waals surface area contributed by atoms with Gasteiger partial charge in [-0.25, -0.2) is 4.98 Å². The summed E-state index contributed by atoms with van der Waals surface area (Å²) in [5, 5.41) is 2.91. The van der Waals surface area contributed by atoms with Crippen molar-refractivity contribution in [2.75, 3.05) is 19.8 Å². The Hall–Kier alpha value is -1.88. The highest BCUT2D eigenvalue weighted by molar-refractivity contribution is 5.94. The first-order chi connectivity index (χ1) is 9.63. The molecule has 20 heavy (non-hydrogen) atoms. The minimum Gasteiger partial charge on any atom is -0.382 e. The number of imidazole rings is 1. The fraction of sp³-hybridized carbons (Fsp3) is 0.467. The van der Waals surface area contributed by atoms with Crippen LogP contribution in [0.1, 0.15) is 35.1 Å². The Bertz CT molecular complexity index is 604. The molecule has 108 valence electrons. The zero-order chi connectivity index (χ0) is 14.5. The highest BCUT2D eigenvalue weighted by atomic mass is 16.5. The molecule has 0 fully saturated rings. The van der Waals surface area contributed by atoms with Gasteiger partial charge in [-0.05, 0) is 44.9 Å². The maximum atomic E-state index is 12.2. The van der Waals surface area contributed by atoms with E-state index in [0.717, 1.165) is 23.3 Å². The molecule has 2 heterocycles. The second kappa shape index (κ2) is 6.52. The van der Waals surface area contributed by atoms with E-state index < -0.39 is 0 Å². The van der Waals surface area contributed by atoms with E-state index in [0.29, 0.717) is 25.5 Å². The second-order valence-corrected chi connectivity index (χ2v) is 4.78. The van der Waals surface area contributed by atoms with Gasteiger partial charge in [0.1, 0.15) is 11.3 Å². The second-order valence-electron chi connectivity index (χ2n) is 4.78. The summed E-state index contributed by atoms with van der Waals surface area (Å²) in [6.07, 6.45) is 2.70. The van der Waals surface area contributed by atoms with Gasteiger partial charge in [-0.3, -0.25) is 9.20 Å². The molecule has 2 aromatic rings. The summed E-state index contributed by atoms with van der Waals surface area (Å²) < 4.78 is 7.08. The van der Waals surface area contributed by atoms with Crippen LogP contribution in [-0.4, -0.2) is 35.1 Å². The fourth-order valence-corrected chi connectivity index (χ4v) is 2.14. The van der Waals surface area contributed by atoms with Gasteiger partial charge in [0.15, 0.2) is 0 Å². The molecule has 2 rings (SSSR count). The smallest absolute Gasteiger partial charge is 0.270 e. The summed E-state index contributed by atoms with van der Waals surface area (Å²) in [5.41, 5.74) is 3.29. The maximum absolute atomic E-state index is 12.2. The molecule has 0 aliphatic rings. The van der Waals surface area contributed by atoms with Gasteiger partial charge in [0.05, 0.1) is 5.69 Å². The van der Waals surface area contributed by atoms with Gasteiger partial charge in [-0.2, -0.15) is 0 Å². The molecule has 0 atom stereocenters. The van der Waals surface area contributed by atoms with Crippen LogP contribution in [0.25, 0.3) is 5.65 Å². The van der Waals surface area contributed by atoms with E-state index in [9.17, 15) is 4.79 Å². The Morgan fingerprint density at radius 3 is 3.00 bits per heavy atom. The van der Waals surface area contributed by atoms with Crippen LogP contribution < -0.4 is 5.32 Å². The average molecular weight is 275 g/mol. The summed E-state index contributed by atoms with van der Waals surface area (Å²) in [5.74, 6) is -0.0876. The number of amides is 1. The lowest BCUT2D eigenvalue weighted by molar-refractivity contribution is 0.0938. The third kappa shape index (κ3) is 3.17. The average Bonchev–Trinajstić information content (AvgIpc) is 2.73. The predicted octanol–water partition coefficient (Wildman–Crippen LogP) is 2.11. The molecule has 1 N–H and O–H groups in total. The van der Waals surface area contributed by atoms with Crippen LogP contribution in [0.3, 0.4) is 0 Å². The van der Waals surface area contributed by atoms with E-state index in [-0.39, 0.29) is 5.91 Å². The number of aromatic nitrogens is 2. The summed E-state index contributed by atoms with van der Waals surface area (Å²) in [7, 11) is 0. The normalized spacial score (nSPS) is 10.9. The number of ether oxygens (including phenoxy) is 1. The van der Waals surface area contributed by atoms with Crippen molar-refractivity contribution in [2.45, 2.75) is 27.2 Å². The Balaban J connectivity index is 2.08. The Morgan fingerprint density at radius 2 is 2.25 bits per heavy atom. The van der Waals surface area contributed by atoms with Crippen LogP contribution in [0.5, 0.6) is 0 Å². The Kier molecular flexibility index (Phi) is 4.74. The van der Waals surface area contributed by atoms with Gasteiger partial charge in [0.2, 0.25) is 0 Å². The van der Waals surface area contributed by atoms with Crippen LogP contribution in [0, 0.1) is 13.8 Å². The first kappa shape index (κ1) is 14.5. The third-order valence-corrected chi connectivity index (χ3v) is 3.13. The predicted molar refractivity (Wildman–Crippen MR) is 78.1 cm³/mol. The molecule has 0 bridgehead atoms. The van der Waals surface area contributed by atoms with Crippen LogP contribution in [0.15, 0.2) is 18.3 Å². The molecule has 0 radical (unpaired) electrons. The standard InChI is InChI=1S/C15H21N3O2/c1-4-20-9-5-7-16-15(19)14-12(3)17-13-10-11(2)6-8-18(13)14/h6,8,10H,4-5,7,9H2,1-3H3,(H,16,19). The number of hydrogen-bond acceptors (Lipinski definition) is 3. The summed E-state index contributed by atoms with van der Waals surface area (Å²) >= 11 is 0. The number of carbonyl (C=O) groups excluding carboxylic acids is 1. The lowest BCUT2D eigenvalue weighted by atomic mass is 10.3. The number of rotatable bonds is 6. The van der Waals surface area contributed by atoms with Crippen molar-refractivity contribution < 1.29 is 9.53 Å². The molecule has 0 aliphatic heterocycles. The molecule has 0 aromatic carbocycles. The van der Waals surface area contributed by atoms with Crippen LogP contribution in [-0.2, 0) is 4.74 Å². The summed E-state index contributed by atoms with van der Waals surface area (Å²) in [6, 6.07) is 3.94. The van der Waals surface area contributed by atoms with Gasteiger partial charge in [0, 0.05) is 26.0 Å². The highest BCUT2D eigenvalue weighted by Crippen LogP contribution is 2.13. The molecular formula is C15H21N3O2. The van der Waals surface area contributed by atoms with Gasteiger partial charge < -0.3 is 10.1 Å². The quantitative estimate of drug-likeness (QED) is 0.821. The molecule has 0 saturated heterocycles. The van der Waals surface area contributed by atoms with Crippen LogP contribution in [0.4, 0.5) is 0 Å². The molecular weight excluding hydrogens is 254 g/mol. The molecule has 5 nitrogen and oxygen atoms in total. The monoisotopic (exact) mass is 275 g/mol. The van der Waals surface area contributed by atoms with E-state index in [1.807, 2.05) is 43.5 Å². The van der Waals surface area contributed by atoms with E-state index in [1.54, 1.807) is 0 Å². The summed E-state index contributed by atoms with van der Waals surface area (Å²) in [4.78, 5) is 16.7. The highest BCUT2D eigenvalue weighted by Gasteiger charge is 2.15. The van der Waals surface area contributed by atoms with Gasteiger partial charge in [-0.1, -0.05) is 0 Å². The van der Waals surface area contributed by atoms with Gasteiger partial charge in [0.25, 0.3) is 5.91 Å². The van der Waals surface area contributed by atoms with Crippen molar-refractivity contribution in [3.05, 3.63) is 35.3 Å². The van der Waals surface area contributed by atoms with Crippen LogP contribution in [0.2, 0.25) is 0 Å². The molecule has 0 spiro atoms. The Morgan fingerprint density at radius 1 is 1.45 bits per heavy atom. The molecule has 0 unspecified atom stereocenters. The van der Waals surface area contributed by atoms with Gasteiger partial charge in [-0.15, -0.1) is 0 Å². The van der Waals surface area contributed by atoms with Crippen LogP contribution >= 0.6 is 0 Å². The topological polar surface area (TPSA) is 55.6 Å². The SMILES string of the molecule is CCOCCCNC(=O)c1c(C)nc2cc(C)ccn12.